The van der Waals surface area contributed by atoms with Crippen molar-refractivity contribution in [3.05, 3.63) is 53.7 Å². The Bertz CT molecular complexity index is 651. The highest BCUT2D eigenvalue weighted by molar-refractivity contribution is 5.83. The Balaban J connectivity index is 2.48. The third kappa shape index (κ3) is 2.56. The lowest BCUT2D eigenvalue weighted by atomic mass is 10.1. The first-order valence-electron chi connectivity index (χ1n) is 5.46. The fourth-order valence-corrected chi connectivity index (χ4v) is 1.71. The summed E-state index contributed by atoms with van der Waals surface area (Å²) in [5.74, 6) is -1.35. The summed E-state index contributed by atoms with van der Waals surface area (Å²) in [5, 5.41) is 18.6. The zero-order valence-electron chi connectivity index (χ0n) is 9.93. The molecule has 2 aromatic rings. The summed E-state index contributed by atoms with van der Waals surface area (Å²) in [6.07, 6.45) is -4.45. The highest BCUT2D eigenvalue weighted by Crippen LogP contribution is 2.30. The number of carbonyl (C=O) groups is 1. The number of carboxylic acids is 1. The minimum Gasteiger partial charge on any atom is -0.473 e. The highest BCUT2D eigenvalue weighted by atomic mass is 19.4. The molecule has 2 N–H and O–H groups in total. The predicted molar refractivity (Wildman–Crippen MR) is 61.2 cm³/mol. The van der Waals surface area contributed by atoms with Crippen LogP contribution in [0.2, 0.25) is 0 Å². The topological polar surface area (TPSA) is 61.4 Å². The maximum Gasteiger partial charge on any atom is 0.416 e. The molecule has 2 rings (SSSR count). The molecular formula is C13H9F3NO3+. The molecule has 1 heterocycles. The van der Waals surface area contributed by atoms with E-state index in [1.165, 1.54) is 18.2 Å². The average Bonchev–Trinajstić information content (AvgIpc) is 2.38. The Kier molecular flexibility index (Phi) is 3.35. The number of rotatable bonds is 2. The number of halogens is 3. The first kappa shape index (κ1) is 13.9. The summed E-state index contributed by atoms with van der Waals surface area (Å²) in [5.41, 5.74) is -0.857. The Morgan fingerprint density at radius 2 is 1.65 bits per heavy atom. The Hall–Kier alpha value is -2.57. The number of hydrogen-bond acceptors (Lipinski definition) is 2. The van der Waals surface area contributed by atoms with Crippen LogP contribution in [0.25, 0.3) is 11.3 Å². The molecule has 20 heavy (non-hydrogen) atoms. The highest BCUT2D eigenvalue weighted by Gasteiger charge is 2.31. The molecule has 0 aliphatic heterocycles. The number of aromatic nitrogens is 1. The van der Waals surface area contributed by atoms with Gasteiger partial charge in [-0.3, -0.25) is 5.21 Å². The van der Waals surface area contributed by atoms with E-state index in [1.807, 2.05) is 0 Å². The molecule has 0 bridgehead atoms. The van der Waals surface area contributed by atoms with Gasteiger partial charge in [0, 0.05) is 16.9 Å². The van der Waals surface area contributed by atoms with Gasteiger partial charge in [-0.05, 0) is 30.3 Å². The molecule has 0 aliphatic rings. The van der Waals surface area contributed by atoms with Crippen LogP contribution in [0.5, 0.6) is 0 Å². The number of nitrogens with zero attached hydrogens (tertiary/aromatic N) is 1. The number of carboxylic acid groups (broad SMARTS) is 1. The van der Waals surface area contributed by atoms with Gasteiger partial charge in [0.1, 0.15) is 0 Å². The summed E-state index contributed by atoms with van der Waals surface area (Å²) in [6, 6.07) is 8.02. The van der Waals surface area contributed by atoms with Crippen molar-refractivity contribution in [3.63, 3.8) is 0 Å². The fraction of sp³-hybridized carbons (Fsp3) is 0.0769. The van der Waals surface area contributed by atoms with Gasteiger partial charge in [-0.15, -0.1) is 0 Å². The van der Waals surface area contributed by atoms with Crippen LogP contribution in [-0.4, -0.2) is 16.3 Å². The van der Waals surface area contributed by atoms with E-state index >= 15 is 0 Å². The quantitative estimate of drug-likeness (QED) is 0.658. The van der Waals surface area contributed by atoms with Crippen LogP contribution < -0.4 is 4.73 Å². The molecule has 0 spiro atoms. The summed E-state index contributed by atoms with van der Waals surface area (Å²) in [6.45, 7) is 0. The lowest BCUT2D eigenvalue weighted by molar-refractivity contribution is -0.897. The van der Waals surface area contributed by atoms with Gasteiger partial charge in [0.05, 0.1) is 11.1 Å². The standard InChI is InChI=1S/C13H8F3NO3/c14-13(15,16)9-6-4-8(5-7-9)10-2-1-3-11(12(18)19)17(10)20/h1-7H,(H-,18,19,20)/p+1. The molecule has 1 aromatic heterocycles. The second-order valence-electron chi connectivity index (χ2n) is 3.99. The molecule has 4 nitrogen and oxygen atoms in total. The third-order valence-corrected chi connectivity index (χ3v) is 2.69. The zero-order chi connectivity index (χ0) is 14.9. The van der Waals surface area contributed by atoms with Crippen LogP contribution in [-0.2, 0) is 6.18 Å². The van der Waals surface area contributed by atoms with Crippen LogP contribution in [0.4, 0.5) is 13.2 Å². The molecule has 104 valence electrons. The van der Waals surface area contributed by atoms with E-state index < -0.39 is 17.7 Å². The van der Waals surface area contributed by atoms with E-state index in [2.05, 4.69) is 0 Å². The molecule has 0 aliphatic carbocycles. The summed E-state index contributed by atoms with van der Waals surface area (Å²) in [7, 11) is 0. The van der Waals surface area contributed by atoms with Crippen molar-refractivity contribution in [1.82, 2.24) is 0 Å². The SMILES string of the molecule is O=C(O)c1cccc(-c2ccc(C(F)(F)F)cc2)[n+]1O. The van der Waals surface area contributed by atoms with Crippen LogP contribution >= 0.6 is 0 Å². The van der Waals surface area contributed by atoms with Crippen molar-refractivity contribution in [2.45, 2.75) is 6.18 Å². The second-order valence-corrected chi connectivity index (χ2v) is 3.99. The van der Waals surface area contributed by atoms with Gasteiger partial charge in [0.2, 0.25) is 0 Å². The van der Waals surface area contributed by atoms with E-state index in [1.54, 1.807) is 0 Å². The third-order valence-electron chi connectivity index (χ3n) is 2.69. The van der Waals surface area contributed by atoms with Gasteiger partial charge >= 0.3 is 17.8 Å². The van der Waals surface area contributed by atoms with Crippen LogP contribution in [0.15, 0.2) is 42.5 Å². The van der Waals surface area contributed by atoms with Crippen molar-refractivity contribution in [2.24, 2.45) is 0 Å². The Morgan fingerprint density at radius 1 is 1.05 bits per heavy atom. The Labute approximate surface area is 111 Å². The van der Waals surface area contributed by atoms with E-state index in [9.17, 15) is 23.2 Å². The number of pyridine rings is 1. The first-order valence-corrected chi connectivity index (χ1v) is 5.46. The van der Waals surface area contributed by atoms with Crippen LogP contribution in [0, 0.1) is 0 Å². The van der Waals surface area contributed by atoms with Gasteiger partial charge in [0.25, 0.3) is 5.69 Å². The number of alkyl halides is 3. The first-order chi connectivity index (χ1) is 9.30. The molecule has 0 fully saturated rings. The maximum atomic E-state index is 12.4. The van der Waals surface area contributed by atoms with Crippen molar-refractivity contribution in [3.8, 4) is 11.3 Å². The molecular weight excluding hydrogens is 275 g/mol. The lowest BCUT2D eigenvalue weighted by Gasteiger charge is -2.06. The predicted octanol–water partition coefficient (Wildman–Crippen LogP) is 2.60. The van der Waals surface area contributed by atoms with E-state index in [0.717, 1.165) is 24.3 Å². The lowest BCUT2D eigenvalue weighted by Crippen LogP contribution is -2.39. The fourth-order valence-electron chi connectivity index (χ4n) is 1.71. The van der Waals surface area contributed by atoms with Crippen LogP contribution in [0.3, 0.4) is 0 Å². The second kappa shape index (κ2) is 4.84. The van der Waals surface area contributed by atoms with Gasteiger partial charge in [-0.25, -0.2) is 4.79 Å². The van der Waals surface area contributed by atoms with E-state index in [-0.39, 0.29) is 17.0 Å². The molecule has 0 unspecified atom stereocenters. The molecule has 0 saturated heterocycles. The molecule has 0 amide bonds. The minimum absolute atomic E-state index is 0.0821. The van der Waals surface area contributed by atoms with Crippen molar-refractivity contribution < 1.29 is 33.0 Å². The molecule has 7 heteroatoms. The Morgan fingerprint density at radius 3 is 2.15 bits per heavy atom. The summed E-state index contributed by atoms with van der Waals surface area (Å²) in [4.78, 5) is 10.9. The molecule has 0 saturated carbocycles. The number of hydrogen-bond donors (Lipinski definition) is 2. The molecule has 0 radical (unpaired) electrons. The number of aromatic carboxylic acids is 1. The number of benzene rings is 1. The van der Waals surface area contributed by atoms with Crippen molar-refractivity contribution in [2.75, 3.05) is 0 Å². The zero-order valence-corrected chi connectivity index (χ0v) is 9.93. The average molecular weight is 284 g/mol. The normalized spacial score (nSPS) is 11.3. The van der Waals surface area contributed by atoms with Gasteiger partial charge in [-0.1, -0.05) is 0 Å². The van der Waals surface area contributed by atoms with Crippen molar-refractivity contribution >= 4 is 5.97 Å². The van der Waals surface area contributed by atoms with Crippen molar-refractivity contribution in [1.29, 1.82) is 0 Å². The van der Waals surface area contributed by atoms with E-state index in [4.69, 9.17) is 5.11 Å². The van der Waals surface area contributed by atoms with E-state index in [0.29, 0.717) is 4.73 Å². The monoisotopic (exact) mass is 284 g/mol. The maximum absolute atomic E-state index is 12.4. The van der Waals surface area contributed by atoms with Gasteiger partial charge in [0.15, 0.2) is 0 Å². The molecule has 1 aromatic carbocycles. The summed E-state index contributed by atoms with van der Waals surface area (Å²) >= 11 is 0. The largest absolute Gasteiger partial charge is 0.473 e. The smallest absolute Gasteiger partial charge is 0.416 e. The minimum atomic E-state index is -4.45. The van der Waals surface area contributed by atoms with Gasteiger partial charge in [-0.2, -0.15) is 13.2 Å². The molecule has 0 atom stereocenters. The summed E-state index contributed by atoms with van der Waals surface area (Å²) < 4.78 is 37.7. The van der Waals surface area contributed by atoms with Gasteiger partial charge < -0.3 is 5.11 Å². The van der Waals surface area contributed by atoms with Crippen LogP contribution in [0.1, 0.15) is 16.1 Å².